The third-order valence-electron chi connectivity index (χ3n) is 6.92. The van der Waals surface area contributed by atoms with Gasteiger partial charge in [-0.1, -0.05) is 18.2 Å². The van der Waals surface area contributed by atoms with Gasteiger partial charge in [0.2, 0.25) is 17.6 Å². The molecule has 0 N–H and O–H groups in total. The Kier molecular flexibility index (Phi) is 3.63. The third-order valence-corrected chi connectivity index (χ3v) is 7.83. The van der Waals surface area contributed by atoms with Gasteiger partial charge in [0, 0.05) is 0 Å². The quantitative estimate of drug-likeness (QED) is 0.433. The van der Waals surface area contributed by atoms with Crippen LogP contribution in [0.3, 0.4) is 0 Å². The molecule has 6 heteroatoms. The minimum Gasteiger partial charge on any atom is -0.485 e. The van der Waals surface area contributed by atoms with E-state index >= 15 is 0 Å². The van der Waals surface area contributed by atoms with E-state index in [4.69, 9.17) is 4.74 Å². The fraction of sp³-hybridized carbons (Fsp3) is 0.348. The van der Waals surface area contributed by atoms with Gasteiger partial charge in [0.05, 0.1) is 22.4 Å². The van der Waals surface area contributed by atoms with Crippen molar-refractivity contribution in [1.29, 1.82) is 0 Å². The minimum absolute atomic E-state index is 0.0383. The van der Waals surface area contributed by atoms with Gasteiger partial charge in [-0.3, -0.25) is 19.3 Å². The van der Waals surface area contributed by atoms with E-state index in [1.165, 1.54) is 16.2 Å². The van der Waals surface area contributed by atoms with Crippen molar-refractivity contribution in [3.05, 3.63) is 58.8 Å². The summed E-state index contributed by atoms with van der Waals surface area (Å²) in [5, 5.41) is 1.86. The molecule has 2 amide bonds. The second-order valence-electron chi connectivity index (χ2n) is 8.35. The molecule has 2 heterocycles. The molecule has 0 radical (unpaired) electrons. The summed E-state index contributed by atoms with van der Waals surface area (Å²) in [6, 6.07) is 10.5. The number of hydrogen-bond donors (Lipinski definition) is 0. The van der Waals surface area contributed by atoms with Gasteiger partial charge in [-0.2, -0.15) is 0 Å². The zero-order chi connectivity index (χ0) is 19.7. The van der Waals surface area contributed by atoms with E-state index in [2.05, 4.69) is 12.2 Å². The SMILES string of the molecule is O=C(COc1ccc(N2C(=O)[C@H]3[C@@H]4C=C[C@H]([C@H]5C[C@H]45)[C@@H]3C2=O)cc1)c1cccs1. The van der Waals surface area contributed by atoms with Gasteiger partial charge in [0.1, 0.15) is 5.75 Å². The summed E-state index contributed by atoms with van der Waals surface area (Å²) in [4.78, 5) is 40.4. The van der Waals surface area contributed by atoms with E-state index in [0.29, 0.717) is 28.1 Å². The van der Waals surface area contributed by atoms with Crippen LogP contribution in [0.2, 0.25) is 0 Å². The number of ether oxygens (including phenoxy) is 1. The van der Waals surface area contributed by atoms with Gasteiger partial charge in [-0.25, -0.2) is 0 Å². The highest BCUT2D eigenvalue weighted by molar-refractivity contribution is 7.12. The maximum atomic E-state index is 13.1. The van der Waals surface area contributed by atoms with Crippen LogP contribution < -0.4 is 9.64 Å². The maximum Gasteiger partial charge on any atom is 0.238 e. The molecule has 2 saturated carbocycles. The molecule has 2 aromatic rings. The Morgan fingerprint density at radius 1 is 1.00 bits per heavy atom. The van der Waals surface area contributed by atoms with Crippen molar-refractivity contribution in [3.63, 3.8) is 0 Å². The predicted molar refractivity (Wildman–Crippen MR) is 108 cm³/mol. The monoisotopic (exact) mass is 405 g/mol. The van der Waals surface area contributed by atoms with E-state index in [9.17, 15) is 14.4 Å². The Morgan fingerprint density at radius 2 is 1.66 bits per heavy atom. The molecule has 146 valence electrons. The second kappa shape index (κ2) is 6.13. The number of amides is 2. The van der Waals surface area contributed by atoms with Crippen LogP contribution in [0.25, 0.3) is 0 Å². The summed E-state index contributed by atoms with van der Waals surface area (Å²) in [6.45, 7) is -0.0383. The topological polar surface area (TPSA) is 63.7 Å². The molecule has 5 aliphatic rings. The number of imide groups is 1. The molecule has 1 aromatic heterocycles. The van der Waals surface area contributed by atoms with Crippen LogP contribution >= 0.6 is 11.3 Å². The molecule has 1 saturated heterocycles. The van der Waals surface area contributed by atoms with Crippen LogP contribution in [0.15, 0.2) is 53.9 Å². The van der Waals surface area contributed by atoms with Crippen molar-refractivity contribution in [2.45, 2.75) is 6.42 Å². The average Bonchev–Trinajstić information content (AvgIpc) is 3.31. The molecular weight excluding hydrogens is 386 g/mol. The van der Waals surface area contributed by atoms with Crippen molar-refractivity contribution in [3.8, 4) is 5.75 Å². The summed E-state index contributed by atoms with van der Waals surface area (Å²) in [5.74, 6) is 1.60. The van der Waals surface area contributed by atoms with E-state index in [1.54, 1.807) is 30.3 Å². The highest BCUT2D eigenvalue weighted by atomic mass is 32.1. The maximum absolute atomic E-state index is 13.1. The van der Waals surface area contributed by atoms with Crippen molar-refractivity contribution in [1.82, 2.24) is 0 Å². The average molecular weight is 405 g/mol. The molecule has 1 aliphatic heterocycles. The van der Waals surface area contributed by atoms with Gasteiger partial charge >= 0.3 is 0 Å². The lowest BCUT2D eigenvalue weighted by Gasteiger charge is -2.37. The highest BCUT2D eigenvalue weighted by Gasteiger charge is 2.67. The van der Waals surface area contributed by atoms with Gasteiger partial charge < -0.3 is 4.74 Å². The number of carbonyl (C=O) groups is 3. The van der Waals surface area contributed by atoms with Gasteiger partial charge in [0.25, 0.3) is 0 Å². The first-order valence-corrected chi connectivity index (χ1v) is 10.9. The molecule has 7 rings (SSSR count). The molecule has 3 fully saturated rings. The fourth-order valence-electron chi connectivity index (χ4n) is 5.56. The number of nitrogens with zero attached hydrogens (tertiary/aromatic N) is 1. The Balaban J connectivity index is 1.19. The van der Waals surface area contributed by atoms with Gasteiger partial charge in [-0.15, -0.1) is 11.3 Å². The summed E-state index contributed by atoms with van der Waals surface area (Å²) in [5.41, 5.74) is 0.583. The standard InChI is InChI=1S/C23H19NO4S/c25-18(19-2-1-9-29-19)11-28-13-5-3-12(4-6-13)24-22(26)20-14-7-8-15(17-10-16(14)17)21(20)23(24)27/h1-9,14-17,20-21H,10-11H2/t14-,15-,16-,17-,20+,21+/m1/s1. The Bertz CT molecular complexity index is 1010. The van der Waals surface area contributed by atoms with E-state index in [1.807, 2.05) is 11.4 Å². The number of Topliss-reactive ketones (excluding diaryl/α,β-unsaturated/α-hetero) is 1. The van der Waals surface area contributed by atoms with Crippen molar-refractivity contribution < 1.29 is 19.1 Å². The Labute approximate surface area is 172 Å². The van der Waals surface area contributed by atoms with Crippen LogP contribution in [-0.2, 0) is 9.59 Å². The van der Waals surface area contributed by atoms with Crippen LogP contribution in [-0.4, -0.2) is 24.2 Å². The predicted octanol–water partition coefficient (Wildman–Crippen LogP) is 3.57. The number of ketones is 1. The number of benzene rings is 1. The lowest BCUT2D eigenvalue weighted by atomic mass is 9.63. The number of thiophene rings is 1. The van der Waals surface area contributed by atoms with Crippen LogP contribution in [0.1, 0.15) is 16.1 Å². The lowest BCUT2D eigenvalue weighted by Crippen LogP contribution is -2.40. The van der Waals surface area contributed by atoms with Gasteiger partial charge in [0.15, 0.2) is 6.61 Å². The number of carbonyl (C=O) groups excluding carboxylic acids is 3. The zero-order valence-electron chi connectivity index (χ0n) is 15.6. The van der Waals surface area contributed by atoms with Crippen molar-refractivity contribution in [2.75, 3.05) is 11.5 Å². The smallest absolute Gasteiger partial charge is 0.238 e. The zero-order valence-corrected chi connectivity index (χ0v) is 16.4. The highest BCUT2D eigenvalue weighted by Crippen LogP contribution is 2.65. The van der Waals surface area contributed by atoms with E-state index in [0.717, 1.165) is 6.42 Å². The molecule has 1 aromatic carbocycles. The first kappa shape index (κ1) is 17.2. The van der Waals surface area contributed by atoms with Crippen LogP contribution in [0.5, 0.6) is 5.75 Å². The van der Waals surface area contributed by atoms with Crippen LogP contribution in [0, 0.1) is 35.5 Å². The van der Waals surface area contributed by atoms with E-state index < -0.39 is 0 Å². The molecule has 2 bridgehead atoms. The number of anilines is 1. The molecule has 4 aliphatic carbocycles. The summed E-state index contributed by atoms with van der Waals surface area (Å²) in [6.07, 6.45) is 5.51. The molecule has 0 spiro atoms. The van der Waals surface area contributed by atoms with Gasteiger partial charge in [-0.05, 0) is 65.8 Å². The normalized spacial score (nSPS) is 33.6. The number of allylic oxidation sites excluding steroid dienone is 2. The largest absolute Gasteiger partial charge is 0.485 e. The number of hydrogen-bond acceptors (Lipinski definition) is 5. The van der Waals surface area contributed by atoms with Crippen molar-refractivity contribution >= 4 is 34.6 Å². The molecular formula is C23H19NO4S. The fourth-order valence-corrected chi connectivity index (χ4v) is 6.21. The lowest BCUT2D eigenvalue weighted by molar-refractivity contribution is -0.124. The van der Waals surface area contributed by atoms with Crippen LogP contribution in [0.4, 0.5) is 5.69 Å². The summed E-state index contributed by atoms with van der Waals surface area (Å²) in [7, 11) is 0. The van der Waals surface area contributed by atoms with E-state index in [-0.39, 0.29) is 47.9 Å². The first-order valence-electron chi connectivity index (χ1n) is 9.99. The summed E-state index contributed by atoms with van der Waals surface area (Å²) >= 11 is 1.39. The molecule has 0 unspecified atom stereocenters. The third kappa shape index (κ3) is 2.48. The Hall–Kier alpha value is -2.73. The number of rotatable bonds is 5. The van der Waals surface area contributed by atoms with Crippen molar-refractivity contribution in [2.24, 2.45) is 35.5 Å². The summed E-state index contributed by atoms with van der Waals surface area (Å²) < 4.78 is 5.58. The molecule has 6 atom stereocenters. The first-order chi connectivity index (χ1) is 14.1. The minimum atomic E-state index is -0.194. The Morgan fingerprint density at radius 3 is 2.24 bits per heavy atom. The molecule has 29 heavy (non-hydrogen) atoms. The molecule has 5 nitrogen and oxygen atoms in total. The second-order valence-corrected chi connectivity index (χ2v) is 9.30.